The van der Waals surface area contributed by atoms with Crippen LogP contribution in [0.25, 0.3) is 0 Å². The molecule has 2 heterocycles. The van der Waals surface area contributed by atoms with Gasteiger partial charge in [-0.2, -0.15) is 10.4 Å². The highest BCUT2D eigenvalue weighted by Gasteiger charge is 2.39. The van der Waals surface area contributed by atoms with E-state index in [1.54, 1.807) is 9.58 Å². The molecule has 6 nitrogen and oxygen atoms in total. The van der Waals surface area contributed by atoms with Gasteiger partial charge in [-0.15, -0.1) is 0 Å². The lowest BCUT2D eigenvalue weighted by Crippen LogP contribution is -2.47. The predicted octanol–water partition coefficient (Wildman–Crippen LogP) is 3.82. The van der Waals surface area contributed by atoms with Gasteiger partial charge in [0.05, 0.1) is 10.2 Å². The van der Waals surface area contributed by atoms with E-state index in [0.29, 0.717) is 29.8 Å². The van der Waals surface area contributed by atoms with Crippen LogP contribution in [0.4, 0.5) is 9.18 Å². The number of halogens is 2. The van der Waals surface area contributed by atoms with Gasteiger partial charge in [0.2, 0.25) is 0 Å². The molecule has 2 rings (SSSR count). The van der Waals surface area contributed by atoms with Crippen molar-refractivity contribution in [3.8, 4) is 6.07 Å². The van der Waals surface area contributed by atoms with Crippen molar-refractivity contribution >= 4 is 22.0 Å². The fourth-order valence-electron chi connectivity index (χ4n) is 2.87. The molecule has 25 heavy (non-hydrogen) atoms. The first-order valence-corrected chi connectivity index (χ1v) is 9.20. The average molecular weight is 415 g/mol. The van der Waals surface area contributed by atoms with E-state index in [4.69, 9.17) is 10.00 Å². The van der Waals surface area contributed by atoms with E-state index in [9.17, 15) is 4.79 Å². The van der Waals surface area contributed by atoms with Crippen LogP contribution in [-0.4, -0.2) is 45.1 Å². The van der Waals surface area contributed by atoms with Crippen LogP contribution in [0.3, 0.4) is 0 Å². The molecule has 0 aromatic carbocycles. The van der Waals surface area contributed by atoms with Crippen LogP contribution < -0.4 is 0 Å². The van der Waals surface area contributed by atoms with E-state index >= 15 is 4.39 Å². The van der Waals surface area contributed by atoms with Gasteiger partial charge in [-0.1, -0.05) is 0 Å². The number of amides is 1. The van der Waals surface area contributed by atoms with Crippen molar-refractivity contribution in [3.05, 3.63) is 15.9 Å². The highest BCUT2D eigenvalue weighted by molar-refractivity contribution is 9.10. The van der Waals surface area contributed by atoms with Gasteiger partial charge in [-0.25, -0.2) is 9.18 Å². The molecule has 0 atom stereocenters. The van der Waals surface area contributed by atoms with Crippen molar-refractivity contribution in [2.75, 3.05) is 13.1 Å². The zero-order valence-electron chi connectivity index (χ0n) is 15.1. The van der Waals surface area contributed by atoms with Gasteiger partial charge in [-0.3, -0.25) is 4.68 Å². The van der Waals surface area contributed by atoms with Crippen molar-refractivity contribution in [2.45, 2.75) is 64.8 Å². The quantitative estimate of drug-likeness (QED) is 0.753. The number of likely N-dealkylation sites (tertiary alicyclic amines) is 1. The molecule has 1 saturated heterocycles. The molecular weight excluding hydrogens is 391 g/mol. The zero-order chi connectivity index (χ0) is 18.8. The van der Waals surface area contributed by atoms with Crippen molar-refractivity contribution in [3.63, 3.8) is 0 Å². The monoisotopic (exact) mass is 414 g/mol. The molecule has 1 fully saturated rings. The number of hydrogen-bond acceptors (Lipinski definition) is 4. The molecule has 0 unspecified atom stereocenters. The number of alkyl halides is 1. The van der Waals surface area contributed by atoms with Crippen molar-refractivity contribution < 1.29 is 13.9 Å². The third kappa shape index (κ3) is 4.72. The molecular formula is C17H24BrFN4O2. The molecule has 138 valence electrons. The van der Waals surface area contributed by atoms with Crippen LogP contribution in [0.1, 0.15) is 51.9 Å². The smallest absolute Gasteiger partial charge is 0.410 e. The van der Waals surface area contributed by atoms with Crippen molar-refractivity contribution in [1.82, 2.24) is 14.7 Å². The largest absolute Gasteiger partial charge is 0.444 e. The second kappa shape index (κ2) is 7.32. The van der Waals surface area contributed by atoms with Gasteiger partial charge in [0.25, 0.3) is 0 Å². The first-order chi connectivity index (χ1) is 11.6. The number of nitrogens with zero attached hydrogens (tertiary/aromatic N) is 4. The van der Waals surface area contributed by atoms with Crippen LogP contribution in [-0.2, 0) is 17.7 Å². The molecule has 1 aromatic rings. The first kappa shape index (κ1) is 19.7. The Kier molecular flexibility index (Phi) is 5.77. The summed E-state index contributed by atoms with van der Waals surface area (Å²) in [5.41, 5.74) is -1.03. The fraction of sp³-hybridized carbons (Fsp3) is 0.706. The Morgan fingerprint density at radius 2 is 2.04 bits per heavy atom. The Hall–Kier alpha value is -1.62. The Labute approximate surface area is 156 Å². The minimum absolute atomic E-state index is 0.165. The third-order valence-corrected chi connectivity index (χ3v) is 5.03. The van der Waals surface area contributed by atoms with Crippen LogP contribution >= 0.6 is 15.9 Å². The molecule has 8 heteroatoms. The number of carbonyl (C=O) groups excluding carboxylic acids is 1. The maximum Gasteiger partial charge on any atom is 0.410 e. The lowest BCUT2D eigenvalue weighted by molar-refractivity contribution is 0.00299. The number of aromatic nitrogens is 2. The zero-order valence-corrected chi connectivity index (χ0v) is 16.7. The van der Waals surface area contributed by atoms with Gasteiger partial charge in [0, 0.05) is 26.1 Å². The highest BCUT2D eigenvalue weighted by Crippen LogP contribution is 2.34. The second-order valence-electron chi connectivity index (χ2n) is 7.33. The molecule has 0 aliphatic carbocycles. The average Bonchev–Trinajstić information content (AvgIpc) is 2.81. The highest BCUT2D eigenvalue weighted by atomic mass is 79.9. The topological polar surface area (TPSA) is 71.2 Å². The molecule has 0 radical (unpaired) electrons. The summed E-state index contributed by atoms with van der Waals surface area (Å²) >= 11 is 3.37. The number of carbonyl (C=O) groups is 1. The second-order valence-corrected chi connectivity index (χ2v) is 8.12. The molecule has 0 saturated carbocycles. The van der Waals surface area contributed by atoms with E-state index in [1.165, 1.54) is 0 Å². The van der Waals surface area contributed by atoms with Gasteiger partial charge >= 0.3 is 6.09 Å². The standard InChI is InChI=1S/C17H24BrFN4O2/c1-5-23-13(14(18)12(11-20)21-23)10-17(19)6-8-22(9-7-17)15(24)25-16(2,3)4/h5-10H2,1-4H3. The summed E-state index contributed by atoms with van der Waals surface area (Å²) in [5, 5.41) is 13.3. The van der Waals surface area contributed by atoms with Gasteiger partial charge in [-0.05, 0) is 56.5 Å². The van der Waals surface area contributed by atoms with E-state index in [0.717, 1.165) is 0 Å². The van der Waals surface area contributed by atoms with E-state index in [2.05, 4.69) is 21.0 Å². The molecule has 0 N–H and O–H groups in total. The van der Waals surface area contributed by atoms with E-state index in [-0.39, 0.29) is 25.0 Å². The summed E-state index contributed by atoms with van der Waals surface area (Å²) in [7, 11) is 0. The molecule has 1 aliphatic rings. The van der Waals surface area contributed by atoms with Gasteiger partial charge in [0.1, 0.15) is 17.3 Å². The summed E-state index contributed by atoms with van der Waals surface area (Å²) in [5.74, 6) is 0. The molecule has 0 spiro atoms. The number of aryl methyl sites for hydroxylation is 1. The van der Waals surface area contributed by atoms with Crippen LogP contribution in [0, 0.1) is 11.3 Å². The van der Waals surface area contributed by atoms with E-state index < -0.39 is 17.4 Å². The predicted molar refractivity (Wildman–Crippen MR) is 94.9 cm³/mol. The normalized spacial score (nSPS) is 17.2. The lowest BCUT2D eigenvalue weighted by atomic mass is 9.88. The molecule has 1 amide bonds. The summed E-state index contributed by atoms with van der Waals surface area (Å²) < 4.78 is 22.9. The number of rotatable bonds is 3. The summed E-state index contributed by atoms with van der Waals surface area (Å²) in [6, 6.07) is 2.01. The lowest BCUT2D eigenvalue weighted by Gasteiger charge is -2.37. The Balaban J connectivity index is 2.05. The van der Waals surface area contributed by atoms with Gasteiger partial charge < -0.3 is 9.64 Å². The minimum atomic E-state index is -1.43. The summed E-state index contributed by atoms with van der Waals surface area (Å²) in [6.45, 7) is 8.53. The Morgan fingerprint density at radius 3 is 2.52 bits per heavy atom. The van der Waals surface area contributed by atoms with Crippen molar-refractivity contribution in [1.29, 1.82) is 5.26 Å². The van der Waals surface area contributed by atoms with Crippen LogP contribution in [0.5, 0.6) is 0 Å². The van der Waals surface area contributed by atoms with Crippen LogP contribution in [0.2, 0.25) is 0 Å². The minimum Gasteiger partial charge on any atom is -0.444 e. The fourth-order valence-corrected chi connectivity index (χ4v) is 3.38. The first-order valence-electron chi connectivity index (χ1n) is 8.40. The van der Waals surface area contributed by atoms with Crippen molar-refractivity contribution in [2.24, 2.45) is 0 Å². The third-order valence-electron chi connectivity index (χ3n) is 4.19. The maximum absolute atomic E-state index is 15.3. The number of piperidine rings is 1. The van der Waals surface area contributed by atoms with Crippen LogP contribution in [0.15, 0.2) is 4.47 Å². The number of nitriles is 1. The SMILES string of the molecule is CCn1nc(C#N)c(Br)c1CC1(F)CCN(C(=O)OC(C)(C)C)CC1. The number of ether oxygens (including phenoxy) is 1. The number of hydrogen-bond donors (Lipinski definition) is 0. The Morgan fingerprint density at radius 1 is 1.44 bits per heavy atom. The van der Waals surface area contributed by atoms with E-state index in [1.807, 2.05) is 33.8 Å². The Bertz CT molecular complexity index is 682. The maximum atomic E-state index is 15.3. The summed E-state index contributed by atoms with van der Waals surface area (Å²) in [4.78, 5) is 13.7. The molecule has 0 bridgehead atoms. The summed E-state index contributed by atoms with van der Waals surface area (Å²) in [6.07, 6.45) is 0.226. The molecule has 1 aromatic heterocycles. The molecule has 1 aliphatic heterocycles. The van der Waals surface area contributed by atoms with Gasteiger partial charge in [0.15, 0.2) is 5.69 Å².